The molecule has 0 heterocycles. The second-order valence-electron chi connectivity index (χ2n) is 11.8. The van der Waals surface area contributed by atoms with Gasteiger partial charge in [0.25, 0.3) is 0 Å². The van der Waals surface area contributed by atoms with E-state index in [-0.39, 0.29) is 56.8 Å². The van der Waals surface area contributed by atoms with Crippen LogP contribution in [-0.4, -0.2) is 31.5 Å². The van der Waals surface area contributed by atoms with Crippen LogP contribution >= 0.6 is 0 Å². The Bertz CT molecular complexity index is 1260. The molecule has 14 heteroatoms. The van der Waals surface area contributed by atoms with Gasteiger partial charge in [-0.2, -0.15) is 30.7 Å². The minimum Gasteiger partial charge on any atom is -0.493 e. The normalized spacial score (nSPS) is 22.9. The molecule has 0 radical (unpaired) electrons. The number of unbranched alkanes of at least 4 members (excludes halogenated alkanes) is 1. The molecule has 2 fully saturated rings. The first-order valence-electron chi connectivity index (χ1n) is 15.3. The molecule has 2 aliphatic carbocycles. The summed E-state index contributed by atoms with van der Waals surface area (Å²) in [5.41, 5.74) is -2.98. The van der Waals surface area contributed by atoms with E-state index in [1.54, 1.807) is 0 Å². The van der Waals surface area contributed by atoms with E-state index in [9.17, 15) is 35.1 Å². The summed E-state index contributed by atoms with van der Waals surface area (Å²) in [6, 6.07) is 3.87. The maximum absolute atomic E-state index is 15.0. The second-order valence-corrected chi connectivity index (χ2v) is 11.8. The third-order valence-electron chi connectivity index (χ3n) is 8.39. The van der Waals surface area contributed by atoms with Crippen molar-refractivity contribution < 1.29 is 62.9 Å². The molecule has 46 heavy (non-hydrogen) atoms. The lowest BCUT2D eigenvalue weighted by molar-refractivity contribution is -0.312. The number of alkyl halides is 7. The van der Waals surface area contributed by atoms with Crippen LogP contribution in [0.2, 0.25) is 0 Å². The zero-order chi connectivity index (χ0) is 33.7. The number of rotatable bonds is 13. The summed E-state index contributed by atoms with van der Waals surface area (Å²) in [5.74, 6) is -6.54. The van der Waals surface area contributed by atoms with Gasteiger partial charge in [0.1, 0.15) is 34.5 Å². The first-order chi connectivity index (χ1) is 21.6. The van der Waals surface area contributed by atoms with Crippen molar-refractivity contribution in [2.45, 2.75) is 102 Å². The molecule has 2 aliphatic rings. The number of hydrogen-bond acceptors (Lipinski definition) is 4. The highest BCUT2D eigenvalue weighted by Gasteiger charge is 2.47. The van der Waals surface area contributed by atoms with E-state index in [4.69, 9.17) is 18.9 Å². The van der Waals surface area contributed by atoms with Gasteiger partial charge in [-0.15, -0.1) is 0 Å². The Hall–Kier alpha value is -2.74. The molecule has 258 valence electrons. The molecule has 0 N–H and O–H groups in total. The third-order valence-corrected chi connectivity index (χ3v) is 8.39. The summed E-state index contributed by atoms with van der Waals surface area (Å²) < 4.78 is 161. The molecule has 0 amide bonds. The van der Waals surface area contributed by atoms with E-state index in [1.807, 2.05) is 6.92 Å². The number of hydrogen-bond donors (Lipinski definition) is 0. The Morgan fingerprint density at radius 3 is 1.80 bits per heavy atom. The van der Waals surface area contributed by atoms with E-state index in [2.05, 4.69) is 0 Å². The standard InChI is InChI=1S/C32H36F10O4/c1-2-3-14-43-23-12-13-25(26(33)15-23)32(41,42)46-22-10-6-20(7-11-22)31(39,40)45-21-8-4-19(5-9-21)18-44-24-16-27(34)29(28(35)17-24)30(36,37)38/h12-13,15-17,19-22H,2-11,14,18H2,1H3. The summed E-state index contributed by atoms with van der Waals surface area (Å²) in [4.78, 5) is 0. The van der Waals surface area contributed by atoms with Crippen LogP contribution in [0.3, 0.4) is 0 Å². The van der Waals surface area contributed by atoms with Crippen LogP contribution in [0.15, 0.2) is 30.3 Å². The number of benzene rings is 2. The van der Waals surface area contributed by atoms with Crippen molar-refractivity contribution in [3.8, 4) is 11.5 Å². The average Bonchev–Trinajstić information content (AvgIpc) is 2.96. The molecule has 0 aromatic heterocycles. The lowest BCUT2D eigenvalue weighted by Crippen LogP contribution is -2.41. The van der Waals surface area contributed by atoms with Crippen LogP contribution in [0.5, 0.6) is 11.5 Å². The average molecular weight is 675 g/mol. The van der Waals surface area contributed by atoms with Crippen LogP contribution in [0, 0.1) is 29.3 Å². The molecule has 0 spiro atoms. The molecular formula is C32H36F10O4. The molecule has 4 nitrogen and oxygen atoms in total. The first kappa shape index (κ1) is 36.1. The van der Waals surface area contributed by atoms with E-state index in [0.717, 1.165) is 25.0 Å². The van der Waals surface area contributed by atoms with Crippen molar-refractivity contribution in [3.63, 3.8) is 0 Å². The van der Waals surface area contributed by atoms with Gasteiger partial charge in [0.05, 0.1) is 36.9 Å². The van der Waals surface area contributed by atoms with Crippen LogP contribution in [0.1, 0.15) is 82.3 Å². The quantitative estimate of drug-likeness (QED) is 0.157. The topological polar surface area (TPSA) is 36.9 Å². The van der Waals surface area contributed by atoms with E-state index < -0.39 is 70.8 Å². The Balaban J connectivity index is 1.20. The highest BCUT2D eigenvalue weighted by atomic mass is 19.4. The van der Waals surface area contributed by atoms with Gasteiger partial charge in [0.2, 0.25) is 0 Å². The minimum absolute atomic E-state index is 0.0806. The van der Waals surface area contributed by atoms with E-state index in [1.165, 1.54) is 6.07 Å². The first-order valence-corrected chi connectivity index (χ1v) is 15.3. The third kappa shape index (κ3) is 9.42. The Morgan fingerprint density at radius 1 is 0.674 bits per heavy atom. The SMILES string of the molecule is CCCCOc1ccc(C(F)(F)OC2CCC(C(F)(F)OC3CCC(COc4cc(F)c(C(F)(F)F)c(F)c4)CC3)CC2)c(F)c1. The molecule has 0 aliphatic heterocycles. The zero-order valence-electron chi connectivity index (χ0n) is 25.1. The van der Waals surface area contributed by atoms with E-state index in [0.29, 0.717) is 31.6 Å². The second kappa shape index (κ2) is 15.0. The molecule has 2 saturated carbocycles. The fraction of sp³-hybridized carbons (Fsp3) is 0.625. The lowest BCUT2D eigenvalue weighted by atomic mass is 9.85. The Labute approximate surface area is 260 Å². The van der Waals surface area contributed by atoms with Crippen LogP contribution in [0.4, 0.5) is 43.9 Å². The molecule has 2 aromatic rings. The lowest BCUT2D eigenvalue weighted by Gasteiger charge is -2.37. The fourth-order valence-electron chi connectivity index (χ4n) is 5.80. The van der Waals surface area contributed by atoms with Gasteiger partial charge in [0.15, 0.2) is 0 Å². The highest BCUT2D eigenvalue weighted by molar-refractivity contribution is 5.32. The van der Waals surface area contributed by atoms with Gasteiger partial charge >= 0.3 is 18.4 Å². The maximum atomic E-state index is 15.0. The number of ether oxygens (including phenoxy) is 4. The molecule has 0 bridgehead atoms. The van der Waals surface area contributed by atoms with E-state index >= 15 is 8.78 Å². The smallest absolute Gasteiger partial charge is 0.422 e. The fourth-order valence-corrected chi connectivity index (χ4v) is 5.80. The monoisotopic (exact) mass is 674 g/mol. The molecule has 2 aromatic carbocycles. The summed E-state index contributed by atoms with van der Waals surface area (Å²) in [5, 5.41) is 0. The highest BCUT2D eigenvalue weighted by Crippen LogP contribution is 2.44. The van der Waals surface area contributed by atoms with Gasteiger partial charge < -0.3 is 18.9 Å². The molecule has 0 unspecified atom stereocenters. The van der Waals surface area contributed by atoms with Crippen molar-refractivity contribution in [1.29, 1.82) is 0 Å². The number of halogens is 10. The van der Waals surface area contributed by atoms with Gasteiger partial charge in [0, 0.05) is 18.2 Å². The van der Waals surface area contributed by atoms with Gasteiger partial charge in [-0.3, -0.25) is 0 Å². The van der Waals surface area contributed by atoms with Crippen LogP contribution < -0.4 is 9.47 Å². The molecule has 4 rings (SSSR count). The predicted octanol–water partition coefficient (Wildman–Crippen LogP) is 10.2. The van der Waals surface area contributed by atoms with Crippen LogP contribution in [0.25, 0.3) is 0 Å². The van der Waals surface area contributed by atoms with Crippen molar-refractivity contribution >= 4 is 0 Å². The van der Waals surface area contributed by atoms with Gasteiger partial charge in [-0.25, -0.2) is 13.2 Å². The van der Waals surface area contributed by atoms with Gasteiger partial charge in [-0.05, 0) is 75.8 Å². The van der Waals surface area contributed by atoms with Crippen molar-refractivity contribution in [1.82, 2.24) is 0 Å². The minimum atomic E-state index is -5.20. The predicted molar refractivity (Wildman–Crippen MR) is 146 cm³/mol. The molecule has 0 saturated heterocycles. The van der Waals surface area contributed by atoms with Crippen molar-refractivity contribution in [3.05, 3.63) is 58.9 Å². The van der Waals surface area contributed by atoms with Gasteiger partial charge in [-0.1, -0.05) is 13.3 Å². The summed E-state index contributed by atoms with van der Waals surface area (Å²) in [6.07, 6.45) is -12.3. The van der Waals surface area contributed by atoms with Crippen LogP contribution in [-0.2, 0) is 21.8 Å². The molecular weight excluding hydrogens is 638 g/mol. The maximum Gasteiger partial charge on any atom is 0.422 e. The van der Waals surface area contributed by atoms with Crippen molar-refractivity contribution in [2.24, 2.45) is 11.8 Å². The zero-order valence-corrected chi connectivity index (χ0v) is 25.1. The largest absolute Gasteiger partial charge is 0.493 e. The summed E-state index contributed by atoms with van der Waals surface area (Å²) >= 11 is 0. The Kier molecular flexibility index (Phi) is 11.8. The Morgan fingerprint density at radius 2 is 1.24 bits per heavy atom. The van der Waals surface area contributed by atoms with Crippen molar-refractivity contribution in [2.75, 3.05) is 13.2 Å². The molecule has 0 atom stereocenters. The summed E-state index contributed by atoms with van der Waals surface area (Å²) in [7, 11) is 0. The summed E-state index contributed by atoms with van der Waals surface area (Å²) in [6.45, 7) is 2.18.